The van der Waals surface area contributed by atoms with Gasteiger partial charge in [0.2, 0.25) is 0 Å². The predicted octanol–water partition coefficient (Wildman–Crippen LogP) is 1.99. The molecule has 1 fully saturated rings. The van der Waals surface area contributed by atoms with Crippen LogP contribution in [0.25, 0.3) is 0 Å². The highest BCUT2D eigenvalue weighted by Gasteiger charge is 2.21. The first-order chi connectivity index (χ1) is 11.2. The van der Waals surface area contributed by atoms with Crippen LogP contribution in [-0.4, -0.2) is 34.8 Å². The summed E-state index contributed by atoms with van der Waals surface area (Å²) in [4.78, 5) is 16.7. The second-order valence-electron chi connectivity index (χ2n) is 5.73. The van der Waals surface area contributed by atoms with Gasteiger partial charge < -0.3 is 19.9 Å². The van der Waals surface area contributed by atoms with Crippen LogP contribution < -0.4 is 10.6 Å². The Morgan fingerprint density at radius 3 is 2.91 bits per heavy atom. The van der Waals surface area contributed by atoms with E-state index in [1.54, 1.807) is 6.20 Å². The maximum absolute atomic E-state index is 12.3. The van der Waals surface area contributed by atoms with E-state index in [-0.39, 0.29) is 18.2 Å². The molecule has 2 heterocycles. The molecule has 0 radical (unpaired) electrons. The van der Waals surface area contributed by atoms with Gasteiger partial charge in [-0.2, -0.15) is 0 Å². The Morgan fingerprint density at radius 1 is 1.43 bits per heavy atom. The van der Waals surface area contributed by atoms with Crippen molar-refractivity contribution in [1.29, 1.82) is 0 Å². The Labute approximate surface area is 135 Å². The number of rotatable bonds is 5. The molecule has 2 aromatic rings. The zero-order valence-electron chi connectivity index (χ0n) is 13.2. The summed E-state index contributed by atoms with van der Waals surface area (Å²) in [5, 5.41) is 5.91. The SMILES string of the molecule is Cn1ccnc1[C@@H](NC(=O)NC[C@@H]1CCCO1)c1ccccc1. The number of aromatic nitrogens is 2. The van der Waals surface area contributed by atoms with E-state index >= 15 is 0 Å². The van der Waals surface area contributed by atoms with E-state index in [1.807, 2.05) is 48.1 Å². The van der Waals surface area contributed by atoms with Crippen molar-refractivity contribution in [2.75, 3.05) is 13.2 Å². The van der Waals surface area contributed by atoms with E-state index in [1.165, 1.54) is 0 Å². The number of amides is 2. The summed E-state index contributed by atoms with van der Waals surface area (Å²) in [6.45, 7) is 1.32. The molecule has 6 nitrogen and oxygen atoms in total. The molecule has 3 rings (SSSR count). The van der Waals surface area contributed by atoms with Crippen LogP contribution in [0.4, 0.5) is 4.79 Å². The summed E-state index contributed by atoms with van der Waals surface area (Å²) in [7, 11) is 1.92. The van der Waals surface area contributed by atoms with Crippen LogP contribution >= 0.6 is 0 Å². The van der Waals surface area contributed by atoms with Crippen LogP contribution in [0.15, 0.2) is 42.7 Å². The van der Waals surface area contributed by atoms with Crippen LogP contribution in [0.3, 0.4) is 0 Å². The number of nitrogens with one attached hydrogen (secondary N) is 2. The number of benzene rings is 1. The molecule has 2 atom stereocenters. The second-order valence-corrected chi connectivity index (χ2v) is 5.73. The Kier molecular flexibility index (Phi) is 4.92. The van der Waals surface area contributed by atoms with Gasteiger partial charge in [-0.1, -0.05) is 30.3 Å². The number of nitrogens with zero attached hydrogens (tertiary/aromatic N) is 2. The average Bonchev–Trinajstić information content (AvgIpc) is 3.23. The molecule has 1 saturated heterocycles. The van der Waals surface area contributed by atoms with Gasteiger partial charge in [-0.15, -0.1) is 0 Å². The predicted molar refractivity (Wildman–Crippen MR) is 87.0 cm³/mol. The molecule has 2 amide bonds. The number of ether oxygens (including phenoxy) is 1. The Balaban J connectivity index is 1.68. The lowest BCUT2D eigenvalue weighted by Gasteiger charge is -2.20. The van der Waals surface area contributed by atoms with E-state index in [4.69, 9.17) is 4.74 Å². The number of urea groups is 1. The lowest BCUT2D eigenvalue weighted by atomic mass is 10.1. The van der Waals surface area contributed by atoms with E-state index in [9.17, 15) is 4.79 Å². The number of aryl methyl sites for hydroxylation is 1. The second kappa shape index (κ2) is 7.28. The van der Waals surface area contributed by atoms with Gasteiger partial charge in [0.25, 0.3) is 0 Å². The molecule has 0 saturated carbocycles. The number of imidazole rings is 1. The van der Waals surface area contributed by atoms with Gasteiger partial charge in [0.15, 0.2) is 0 Å². The maximum Gasteiger partial charge on any atom is 0.315 e. The van der Waals surface area contributed by atoms with E-state index in [0.29, 0.717) is 6.54 Å². The molecule has 1 aliphatic heterocycles. The standard InChI is InChI=1S/C17H22N4O2/c1-21-10-9-18-16(21)15(13-6-3-2-4-7-13)20-17(22)19-12-14-8-5-11-23-14/h2-4,6-7,9-10,14-15H,5,8,11-12H2,1H3,(H2,19,20,22)/t14-,15-/m0/s1. The molecule has 2 N–H and O–H groups in total. The largest absolute Gasteiger partial charge is 0.376 e. The molecule has 1 aromatic carbocycles. The fraction of sp³-hybridized carbons (Fsp3) is 0.412. The molecular weight excluding hydrogens is 292 g/mol. The molecule has 122 valence electrons. The first kappa shape index (κ1) is 15.6. The molecule has 0 spiro atoms. The van der Waals surface area contributed by atoms with Crippen molar-refractivity contribution in [1.82, 2.24) is 20.2 Å². The number of carbonyl (C=O) groups excluding carboxylic acids is 1. The highest BCUT2D eigenvalue weighted by Crippen LogP contribution is 2.20. The molecule has 1 aliphatic rings. The Bertz CT molecular complexity index is 635. The first-order valence-electron chi connectivity index (χ1n) is 7.92. The first-order valence-corrected chi connectivity index (χ1v) is 7.92. The van der Waals surface area contributed by atoms with Gasteiger partial charge in [-0.25, -0.2) is 9.78 Å². The zero-order valence-corrected chi connectivity index (χ0v) is 13.2. The van der Waals surface area contributed by atoms with E-state index < -0.39 is 0 Å². The Hall–Kier alpha value is -2.34. The Morgan fingerprint density at radius 2 is 2.26 bits per heavy atom. The van der Waals surface area contributed by atoms with Crippen molar-refractivity contribution in [3.05, 3.63) is 54.1 Å². The van der Waals surface area contributed by atoms with Crippen molar-refractivity contribution < 1.29 is 9.53 Å². The van der Waals surface area contributed by atoms with Gasteiger partial charge >= 0.3 is 6.03 Å². The van der Waals surface area contributed by atoms with Crippen molar-refractivity contribution in [2.24, 2.45) is 7.05 Å². The van der Waals surface area contributed by atoms with Gasteiger partial charge in [0, 0.05) is 32.6 Å². The van der Waals surface area contributed by atoms with Crippen molar-refractivity contribution in [2.45, 2.75) is 25.0 Å². The van der Waals surface area contributed by atoms with Crippen LogP contribution in [0.5, 0.6) is 0 Å². The summed E-state index contributed by atoms with van der Waals surface area (Å²) < 4.78 is 7.44. The number of carbonyl (C=O) groups is 1. The zero-order chi connectivity index (χ0) is 16.1. The highest BCUT2D eigenvalue weighted by molar-refractivity contribution is 5.74. The monoisotopic (exact) mass is 314 g/mol. The van der Waals surface area contributed by atoms with Crippen LogP contribution in [-0.2, 0) is 11.8 Å². The summed E-state index contributed by atoms with van der Waals surface area (Å²) >= 11 is 0. The molecule has 23 heavy (non-hydrogen) atoms. The normalized spacial score (nSPS) is 18.6. The van der Waals surface area contributed by atoms with Gasteiger partial charge in [-0.05, 0) is 18.4 Å². The number of hydrogen-bond donors (Lipinski definition) is 2. The molecule has 0 aliphatic carbocycles. The van der Waals surface area contributed by atoms with Crippen molar-refractivity contribution in [3.8, 4) is 0 Å². The summed E-state index contributed by atoms with van der Waals surface area (Å²) in [6, 6.07) is 9.34. The summed E-state index contributed by atoms with van der Waals surface area (Å²) in [5.74, 6) is 0.795. The van der Waals surface area contributed by atoms with Crippen LogP contribution in [0.1, 0.15) is 30.3 Å². The molecule has 1 aromatic heterocycles. The minimum absolute atomic E-state index is 0.129. The topological polar surface area (TPSA) is 68.2 Å². The van der Waals surface area contributed by atoms with Gasteiger partial charge in [0.05, 0.1) is 6.10 Å². The fourth-order valence-corrected chi connectivity index (χ4v) is 2.79. The quantitative estimate of drug-likeness (QED) is 0.887. The molecule has 0 bridgehead atoms. The lowest BCUT2D eigenvalue weighted by Crippen LogP contribution is -2.42. The summed E-state index contributed by atoms with van der Waals surface area (Å²) in [5.41, 5.74) is 0.995. The highest BCUT2D eigenvalue weighted by atomic mass is 16.5. The van der Waals surface area contributed by atoms with Gasteiger partial charge in [0.1, 0.15) is 11.9 Å². The van der Waals surface area contributed by atoms with E-state index in [2.05, 4.69) is 15.6 Å². The lowest BCUT2D eigenvalue weighted by molar-refractivity contribution is 0.111. The minimum atomic E-state index is -0.291. The third-order valence-electron chi connectivity index (χ3n) is 4.04. The average molecular weight is 314 g/mol. The molecule has 6 heteroatoms. The van der Waals surface area contributed by atoms with Crippen LogP contribution in [0.2, 0.25) is 0 Å². The minimum Gasteiger partial charge on any atom is -0.376 e. The summed E-state index contributed by atoms with van der Waals surface area (Å²) in [6.07, 6.45) is 5.80. The fourth-order valence-electron chi connectivity index (χ4n) is 2.79. The van der Waals surface area contributed by atoms with Crippen molar-refractivity contribution in [3.63, 3.8) is 0 Å². The van der Waals surface area contributed by atoms with Crippen LogP contribution in [0, 0.1) is 0 Å². The molecular formula is C17H22N4O2. The van der Waals surface area contributed by atoms with Crippen molar-refractivity contribution >= 4 is 6.03 Å². The van der Waals surface area contributed by atoms with E-state index in [0.717, 1.165) is 30.8 Å². The number of hydrogen-bond acceptors (Lipinski definition) is 3. The smallest absolute Gasteiger partial charge is 0.315 e. The van der Waals surface area contributed by atoms with Gasteiger partial charge in [-0.3, -0.25) is 0 Å². The molecule has 0 unspecified atom stereocenters. The third kappa shape index (κ3) is 3.90. The third-order valence-corrected chi connectivity index (χ3v) is 4.04. The maximum atomic E-state index is 12.3.